The first-order valence-electron chi connectivity index (χ1n) is 19.2. The molecular weight excluding hydrogens is 701 g/mol. The van der Waals surface area contributed by atoms with Gasteiger partial charge in [0.1, 0.15) is 34.3 Å². The lowest BCUT2D eigenvalue weighted by atomic mass is 10.0. The Kier molecular flexibility index (Phi) is 6.89. The van der Waals surface area contributed by atoms with Crippen molar-refractivity contribution in [1.82, 2.24) is 9.88 Å². The van der Waals surface area contributed by atoms with Gasteiger partial charge in [0.05, 0.1) is 16.6 Å². The lowest BCUT2D eigenvalue weighted by molar-refractivity contribution is 0.663. The average molecular weight is 733 g/mol. The van der Waals surface area contributed by atoms with Crippen molar-refractivity contribution in [2.75, 3.05) is 0 Å². The Hall–Kier alpha value is -7.70. The fourth-order valence-electron chi connectivity index (χ4n) is 8.56. The van der Waals surface area contributed by atoms with Crippen LogP contribution in [0.1, 0.15) is 22.9 Å². The van der Waals surface area contributed by atoms with Gasteiger partial charge in [-0.3, -0.25) is 0 Å². The van der Waals surface area contributed by atoms with Crippen LogP contribution in [0.5, 0.6) is 0 Å². The normalized spacial score (nSPS) is 14.5. The van der Waals surface area contributed by atoms with E-state index < -0.39 is 0 Å². The third-order valence-electron chi connectivity index (χ3n) is 11.3. The van der Waals surface area contributed by atoms with Crippen LogP contribution < -0.4 is 5.32 Å². The molecule has 0 aliphatic carbocycles. The highest BCUT2D eigenvalue weighted by Crippen LogP contribution is 2.38. The molecule has 0 radical (unpaired) electrons. The first-order chi connectivity index (χ1) is 28.2. The van der Waals surface area contributed by atoms with Crippen LogP contribution >= 0.6 is 0 Å². The average Bonchev–Trinajstić information content (AvgIpc) is 3.95. The van der Waals surface area contributed by atoms with E-state index in [2.05, 4.69) is 143 Å². The Balaban J connectivity index is 0.974. The number of nitrogens with one attached hydrogen (secondary N) is 1. The van der Waals surface area contributed by atoms with E-state index in [9.17, 15) is 0 Å². The molecule has 12 rings (SSSR count). The van der Waals surface area contributed by atoms with E-state index in [0.717, 1.165) is 83.1 Å². The summed E-state index contributed by atoms with van der Waals surface area (Å²) in [4.78, 5) is 10.3. The van der Waals surface area contributed by atoms with Gasteiger partial charge in [0.2, 0.25) is 0 Å². The second-order valence-electron chi connectivity index (χ2n) is 14.6. The largest absolute Gasteiger partial charge is 0.456 e. The summed E-state index contributed by atoms with van der Waals surface area (Å²) in [7, 11) is 0. The zero-order chi connectivity index (χ0) is 37.5. The number of amidine groups is 2. The second kappa shape index (κ2) is 12.4. The molecule has 0 spiro atoms. The number of benzene rings is 8. The van der Waals surface area contributed by atoms with Crippen LogP contribution in [0, 0.1) is 0 Å². The van der Waals surface area contributed by atoms with E-state index in [4.69, 9.17) is 18.8 Å². The Bertz CT molecular complexity index is 3440. The maximum absolute atomic E-state index is 6.58. The summed E-state index contributed by atoms with van der Waals surface area (Å²) in [5.41, 5.74) is 11.9. The molecule has 1 aliphatic rings. The third-order valence-corrected chi connectivity index (χ3v) is 11.3. The lowest BCUT2D eigenvalue weighted by Gasteiger charge is -2.23. The SMILES string of the molecule is c1ccc(-c2ccc3c(c2)c2ccccc2n3-c2ccc3c(c2)oc2ccc(C4=NC(c5cccc6c5oc5ccccc56)=NC(c5ccccc5)N4)cc23)cc1. The first kappa shape index (κ1) is 31.6. The molecular formula is C51H32N4O2. The third kappa shape index (κ3) is 5.04. The van der Waals surface area contributed by atoms with Crippen LogP contribution in [0.3, 0.4) is 0 Å². The minimum Gasteiger partial charge on any atom is -0.456 e. The second-order valence-corrected chi connectivity index (χ2v) is 14.6. The molecule has 8 aromatic carbocycles. The molecule has 6 heteroatoms. The minimum atomic E-state index is -0.345. The predicted molar refractivity (Wildman–Crippen MR) is 233 cm³/mol. The summed E-state index contributed by atoms with van der Waals surface area (Å²) in [5, 5.41) is 10.3. The zero-order valence-corrected chi connectivity index (χ0v) is 30.6. The smallest absolute Gasteiger partial charge is 0.163 e. The fourth-order valence-corrected chi connectivity index (χ4v) is 8.56. The Morgan fingerprint density at radius 3 is 2.05 bits per heavy atom. The van der Waals surface area contributed by atoms with Crippen molar-refractivity contribution < 1.29 is 8.83 Å². The molecule has 11 aromatic rings. The van der Waals surface area contributed by atoms with Crippen molar-refractivity contribution >= 4 is 77.4 Å². The summed E-state index contributed by atoms with van der Waals surface area (Å²) in [6.07, 6.45) is -0.345. The van der Waals surface area contributed by atoms with Crippen molar-refractivity contribution in [1.29, 1.82) is 0 Å². The summed E-state index contributed by atoms with van der Waals surface area (Å²) in [6, 6.07) is 63.4. The summed E-state index contributed by atoms with van der Waals surface area (Å²) in [5.74, 6) is 1.35. The lowest BCUT2D eigenvalue weighted by Crippen LogP contribution is -2.33. The van der Waals surface area contributed by atoms with Gasteiger partial charge < -0.3 is 18.7 Å². The van der Waals surface area contributed by atoms with Crippen LogP contribution in [0.4, 0.5) is 0 Å². The van der Waals surface area contributed by atoms with Crippen molar-refractivity contribution in [2.45, 2.75) is 6.17 Å². The molecule has 0 saturated heterocycles. The van der Waals surface area contributed by atoms with Gasteiger partial charge in [-0.05, 0) is 77.4 Å². The molecule has 0 amide bonds. The summed E-state index contributed by atoms with van der Waals surface area (Å²) in [6.45, 7) is 0. The summed E-state index contributed by atoms with van der Waals surface area (Å²) < 4.78 is 15.4. The summed E-state index contributed by atoms with van der Waals surface area (Å²) >= 11 is 0. The highest BCUT2D eigenvalue weighted by molar-refractivity contribution is 6.20. The van der Waals surface area contributed by atoms with Crippen LogP contribution in [0.2, 0.25) is 0 Å². The molecule has 268 valence electrons. The minimum absolute atomic E-state index is 0.345. The molecule has 1 atom stereocenters. The number of fused-ring (bicyclic) bond motifs is 9. The van der Waals surface area contributed by atoms with Gasteiger partial charge in [-0.25, -0.2) is 9.98 Å². The molecule has 6 nitrogen and oxygen atoms in total. The van der Waals surface area contributed by atoms with Crippen LogP contribution in [-0.4, -0.2) is 16.2 Å². The Labute approximate surface area is 326 Å². The number of nitrogens with zero attached hydrogens (tertiary/aromatic N) is 3. The van der Waals surface area contributed by atoms with Gasteiger partial charge in [-0.1, -0.05) is 115 Å². The standard InChI is InChI=1S/C51H32N4O2/c1-3-12-31(13-4-1)33-22-26-44-41(28-33)36-16-7-9-20-43(36)55(44)35-24-25-38-42-29-34(23-27-46(42)56-47(38)30-35)50-52-49(32-14-5-2-6-15-32)53-51(54-50)40-19-11-18-39-37-17-8-10-21-45(37)57-48(39)40/h1-30,49H,(H,52,53,54). The van der Waals surface area contributed by atoms with Gasteiger partial charge in [-0.2, -0.15) is 0 Å². The van der Waals surface area contributed by atoms with E-state index >= 15 is 0 Å². The van der Waals surface area contributed by atoms with Crippen molar-refractivity contribution in [3.8, 4) is 16.8 Å². The Morgan fingerprint density at radius 2 is 1.16 bits per heavy atom. The maximum atomic E-state index is 6.58. The number of hydrogen-bond acceptors (Lipinski definition) is 5. The van der Waals surface area contributed by atoms with E-state index in [0.29, 0.717) is 5.84 Å². The van der Waals surface area contributed by atoms with Gasteiger partial charge in [-0.15, -0.1) is 0 Å². The quantitative estimate of drug-likeness (QED) is 0.192. The molecule has 0 saturated carbocycles. The highest BCUT2D eigenvalue weighted by Gasteiger charge is 2.24. The molecule has 57 heavy (non-hydrogen) atoms. The predicted octanol–water partition coefficient (Wildman–Crippen LogP) is 12.7. The van der Waals surface area contributed by atoms with E-state index in [1.165, 1.54) is 21.9 Å². The topological polar surface area (TPSA) is 68.0 Å². The van der Waals surface area contributed by atoms with Crippen LogP contribution in [-0.2, 0) is 0 Å². The van der Waals surface area contributed by atoms with Crippen molar-refractivity contribution in [3.05, 3.63) is 199 Å². The Morgan fingerprint density at radius 1 is 0.456 bits per heavy atom. The van der Waals surface area contributed by atoms with Crippen LogP contribution in [0.15, 0.2) is 201 Å². The number of aliphatic imine (C=N–C) groups is 2. The fraction of sp³-hybridized carbons (Fsp3) is 0.0196. The molecule has 4 heterocycles. The van der Waals surface area contributed by atoms with Crippen molar-refractivity contribution in [2.24, 2.45) is 9.98 Å². The van der Waals surface area contributed by atoms with Crippen molar-refractivity contribution in [3.63, 3.8) is 0 Å². The van der Waals surface area contributed by atoms with E-state index in [-0.39, 0.29) is 6.17 Å². The number of rotatable bonds is 5. The molecule has 3 aromatic heterocycles. The van der Waals surface area contributed by atoms with Crippen LogP contribution in [0.25, 0.3) is 82.5 Å². The van der Waals surface area contributed by atoms with Gasteiger partial charge in [0, 0.05) is 49.6 Å². The van der Waals surface area contributed by atoms with Gasteiger partial charge >= 0.3 is 0 Å². The van der Waals surface area contributed by atoms with E-state index in [1.807, 2.05) is 48.5 Å². The number of furan rings is 2. The monoisotopic (exact) mass is 732 g/mol. The highest BCUT2D eigenvalue weighted by atomic mass is 16.3. The number of hydrogen-bond donors (Lipinski definition) is 1. The number of para-hydroxylation sites is 3. The van der Waals surface area contributed by atoms with Gasteiger partial charge in [0.15, 0.2) is 5.84 Å². The number of aromatic nitrogens is 1. The molecule has 1 unspecified atom stereocenters. The first-order valence-corrected chi connectivity index (χ1v) is 19.2. The van der Waals surface area contributed by atoms with E-state index in [1.54, 1.807) is 0 Å². The molecule has 1 N–H and O–H groups in total. The zero-order valence-electron chi connectivity index (χ0n) is 30.6. The molecule has 1 aliphatic heterocycles. The maximum Gasteiger partial charge on any atom is 0.163 e. The molecule has 0 bridgehead atoms. The van der Waals surface area contributed by atoms with Gasteiger partial charge in [0.25, 0.3) is 0 Å². The molecule has 0 fully saturated rings.